The first-order valence-corrected chi connectivity index (χ1v) is 10.7. The predicted octanol–water partition coefficient (Wildman–Crippen LogP) is 4.34. The zero-order valence-corrected chi connectivity index (χ0v) is 17.6. The first-order valence-electron chi connectivity index (χ1n) is 10.7. The number of fused-ring (bicyclic) bond motifs is 1. The van der Waals surface area contributed by atoms with Gasteiger partial charge in [0.25, 0.3) is 0 Å². The third-order valence-corrected chi connectivity index (χ3v) is 6.48. The van der Waals surface area contributed by atoms with Crippen molar-refractivity contribution in [3.8, 4) is 16.9 Å². The van der Waals surface area contributed by atoms with Crippen LogP contribution < -0.4 is 10.1 Å². The van der Waals surface area contributed by atoms with Gasteiger partial charge >= 0.3 is 6.03 Å². The summed E-state index contributed by atoms with van der Waals surface area (Å²) in [5.74, 6) is 1.05. The number of nitrogens with zero attached hydrogens (tertiary/aromatic N) is 3. The summed E-state index contributed by atoms with van der Waals surface area (Å²) in [6.07, 6.45) is 4.69. The minimum Gasteiger partial charge on any atom is -0.494 e. The summed E-state index contributed by atoms with van der Waals surface area (Å²) in [7, 11) is 1.61. The number of likely N-dealkylation sites (tertiary alicyclic amines) is 1. The minimum absolute atomic E-state index is 0.129. The van der Waals surface area contributed by atoms with Crippen molar-refractivity contribution in [3.05, 3.63) is 48.7 Å². The number of nitrogens with one attached hydrogen (secondary N) is 1. The van der Waals surface area contributed by atoms with Crippen LogP contribution in [-0.4, -0.2) is 54.3 Å². The molecule has 7 nitrogen and oxygen atoms in total. The van der Waals surface area contributed by atoms with Gasteiger partial charge in [-0.25, -0.2) is 14.8 Å². The molecule has 0 saturated carbocycles. The predicted molar refractivity (Wildman–Crippen MR) is 119 cm³/mol. The molecule has 3 aromatic rings. The maximum atomic E-state index is 12.9. The van der Waals surface area contributed by atoms with Crippen LogP contribution in [0.25, 0.3) is 22.2 Å². The van der Waals surface area contributed by atoms with E-state index in [2.05, 4.69) is 15.3 Å². The smallest absolute Gasteiger partial charge is 0.323 e. The van der Waals surface area contributed by atoms with Crippen molar-refractivity contribution in [2.24, 2.45) is 5.41 Å². The second-order valence-corrected chi connectivity index (χ2v) is 8.35. The number of anilines is 1. The average molecular weight is 418 g/mol. The van der Waals surface area contributed by atoms with Gasteiger partial charge in [0.2, 0.25) is 0 Å². The molecule has 160 valence electrons. The molecule has 2 aliphatic heterocycles. The summed E-state index contributed by atoms with van der Waals surface area (Å²) in [5.41, 5.74) is 3.61. The highest BCUT2D eigenvalue weighted by Crippen LogP contribution is 2.40. The van der Waals surface area contributed by atoms with Crippen LogP contribution in [0.2, 0.25) is 0 Å². The molecule has 5 rings (SSSR count). The summed E-state index contributed by atoms with van der Waals surface area (Å²) in [5, 5.41) is 2.94. The zero-order valence-electron chi connectivity index (χ0n) is 17.6. The zero-order chi connectivity index (χ0) is 21.3. The largest absolute Gasteiger partial charge is 0.494 e. The van der Waals surface area contributed by atoms with Crippen molar-refractivity contribution < 1.29 is 14.3 Å². The number of benzene rings is 2. The average Bonchev–Trinajstić information content (AvgIpc) is 3.22. The second kappa shape index (κ2) is 8.15. The van der Waals surface area contributed by atoms with Crippen molar-refractivity contribution >= 4 is 22.9 Å². The highest BCUT2D eigenvalue weighted by molar-refractivity contribution is 5.96. The first kappa shape index (κ1) is 19.8. The van der Waals surface area contributed by atoms with E-state index in [1.807, 2.05) is 47.4 Å². The topological polar surface area (TPSA) is 76.6 Å². The standard InChI is InChI=1S/C24H26N4O3/c1-30-19-8-7-18(17-5-3-2-4-6-17)21-22(19)26-20(15-25-21)27-23(29)28-12-9-24(16-28)10-13-31-14-11-24/h2-8,15H,9-14,16H2,1H3,(H,26,27,29). The number of amides is 2. The monoisotopic (exact) mass is 418 g/mol. The maximum absolute atomic E-state index is 12.9. The van der Waals surface area contributed by atoms with E-state index in [4.69, 9.17) is 9.47 Å². The van der Waals surface area contributed by atoms with Crippen molar-refractivity contribution in [1.82, 2.24) is 14.9 Å². The molecule has 7 heteroatoms. The number of carbonyl (C=O) groups is 1. The van der Waals surface area contributed by atoms with Gasteiger partial charge in [-0.1, -0.05) is 30.3 Å². The van der Waals surface area contributed by atoms with E-state index < -0.39 is 0 Å². The third-order valence-electron chi connectivity index (χ3n) is 6.48. The molecule has 0 radical (unpaired) electrons. The van der Waals surface area contributed by atoms with Crippen LogP contribution in [0.1, 0.15) is 19.3 Å². The lowest BCUT2D eigenvalue weighted by atomic mass is 9.80. The Labute approximate surface area is 181 Å². The Hall–Kier alpha value is -3.19. The van der Waals surface area contributed by atoms with Crippen LogP contribution in [0.5, 0.6) is 5.75 Å². The lowest BCUT2D eigenvalue weighted by Gasteiger charge is -2.33. The fraction of sp³-hybridized carbons (Fsp3) is 0.375. The lowest BCUT2D eigenvalue weighted by Crippen LogP contribution is -2.37. The number of carbonyl (C=O) groups excluding carboxylic acids is 1. The summed E-state index contributed by atoms with van der Waals surface area (Å²) in [4.78, 5) is 24.1. The molecular weight excluding hydrogens is 392 g/mol. The Morgan fingerprint density at radius 2 is 1.90 bits per heavy atom. The number of hydrogen-bond acceptors (Lipinski definition) is 5. The molecule has 3 heterocycles. The number of methoxy groups -OCH3 is 1. The fourth-order valence-corrected chi connectivity index (χ4v) is 4.66. The number of aromatic nitrogens is 2. The van der Waals surface area contributed by atoms with Gasteiger partial charge < -0.3 is 14.4 Å². The van der Waals surface area contributed by atoms with Gasteiger partial charge in [-0.15, -0.1) is 0 Å². The van der Waals surface area contributed by atoms with E-state index >= 15 is 0 Å². The van der Waals surface area contributed by atoms with Crippen LogP contribution >= 0.6 is 0 Å². The van der Waals surface area contributed by atoms with E-state index in [0.29, 0.717) is 17.1 Å². The van der Waals surface area contributed by atoms with E-state index in [9.17, 15) is 4.79 Å². The van der Waals surface area contributed by atoms with Gasteiger partial charge in [-0.05, 0) is 42.4 Å². The second-order valence-electron chi connectivity index (χ2n) is 8.35. The van der Waals surface area contributed by atoms with E-state index in [0.717, 1.165) is 62.2 Å². The fourth-order valence-electron chi connectivity index (χ4n) is 4.66. The Morgan fingerprint density at radius 1 is 1.10 bits per heavy atom. The van der Waals surface area contributed by atoms with Crippen molar-refractivity contribution in [3.63, 3.8) is 0 Å². The normalized spacial score (nSPS) is 17.8. The number of ether oxygens (including phenoxy) is 2. The van der Waals surface area contributed by atoms with E-state index in [1.54, 1.807) is 13.3 Å². The lowest BCUT2D eigenvalue weighted by molar-refractivity contribution is 0.0211. The highest BCUT2D eigenvalue weighted by Gasteiger charge is 2.41. The molecule has 0 aliphatic carbocycles. The summed E-state index contributed by atoms with van der Waals surface area (Å²) < 4.78 is 11.0. The Bertz CT molecular complexity index is 1100. The van der Waals surface area contributed by atoms with Crippen molar-refractivity contribution in [2.75, 3.05) is 38.7 Å². The van der Waals surface area contributed by atoms with Gasteiger partial charge in [0.05, 0.1) is 13.3 Å². The van der Waals surface area contributed by atoms with Crippen molar-refractivity contribution in [1.29, 1.82) is 0 Å². The van der Waals surface area contributed by atoms with Gasteiger partial charge in [0.15, 0.2) is 5.82 Å². The van der Waals surface area contributed by atoms with Crippen LogP contribution in [0.15, 0.2) is 48.7 Å². The van der Waals surface area contributed by atoms with Gasteiger partial charge in [-0.2, -0.15) is 0 Å². The Kier molecular flexibility index (Phi) is 5.19. The molecule has 2 aromatic carbocycles. The van der Waals surface area contributed by atoms with Gasteiger partial charge in [0.1, 0.15) is 16.8 Å². The number of urea groups is 1. The van der Waals surface area contributed by atoms with Crippen molar-refractivity contribution in [2.45, 2.75) is 19.3 Å². The molecule has 2 saturated heterocycles. The number of rotatable bonds is 3. The summed E-state index contributed by atoms with van der Waals surface area (Å²) >= 11 is 0. The summed E-state index contributed by atoms with van der Waals surface area (Å²) in [6, 6.07) is 13.8. The molecule has 2 amide bonds. The highest BCUT2D eigenvalue weighted by atomic mass is 16.5. The van der Waals surface area contributed by atoms with Gasteiger partial charge in [0, 0.05) is 31.9 Å². The maximum Gasteiger partial charge on any atom is 0.323 e. The molecule has 31 heavy (non-hydrogen) atoms. The molecule has 2 aliphatic rings. The quantitative estimate of drug-likeness (QED) is 0.685. The molecule has 2 fully saturated rings. The van der Waals surface area contributed by atoms with Crippen LogP contribution in [-0.2, 0) is 4.74 Å². The molecule has 0 bridgehead atoms. The molecule has 1 N–H and O–H groups in total. The first-order chi connectivity index (χ1) is 15.2. The SMILES string of the molecule is COc1ccc(-c2ccccc2)c2ncc(NC(=O)N3CCC4(CCOCC4)C3)nc12. The van der Waals surface area contributed by atoms with Crippen LogP contribution in [0.4, 0.5) is 10.6 Å². The molecule has 0 unspecified atom stereocenters. The number of hydrogen-bond donors (Lipinski definition) is 1. The van der Waals surface area contributed by atoms with E-state index in [-0.39, 0.29) is 11.4 Å². The summed E-state index contributed by atoms with van der Waals surface area (Å²) in [6.45, 7) is 3.10. The molecule has 0 atom stereocenters. The Balaban J connectivity index is 1.40. The minimum atomic E-state index is -0.129. The molecular formula is C24H26N4O3. The van der Waals surface area contributed by atoms with E-state index in [1.165, 1.54) is 0 Å². The van der Waals surface area contributed by atoms with Crippen LogP contribution in [0, 0.1) is 5.41 Å². The third kappa shape index (κ3) is 3.81. The Morgan fingerprint density at radius 3 is 2.68 bits per heavy atom. The molecule has 1 spiro atoms. The molecule has 1 aromatic heterocycles. The van der Waals surface area contributed by atoms with Gasteiger partial charge in [-0.3, -0.25) is 5.32 Å². The van der Waals surface area contributed by atoms with Crippen LogP contribution in [0.3, 0.4) is 0 Å².